The minimum absolute atomic E-state index is 1.13. The van der Waals surface area contributed by atoms with Crippen LogP contribution >= 0.6 is 22.7 Å². The second-order valence-electron chi connectivity index (χ2n) is 12.5. The molecule has 0 atom stereocenters. The standard InChI is InChI=1S/C46H29NS2/c1-2-11-30(12-3-1)31-21-25-34(26-22-31)47(45-37-14-5-4-13-33(37)29-40-38-15-6-8-18-41(38)49-46(40)45)35-27-23-32(24-28-35)36-17-10-20-43-44(36)39-16-7-9-19-42(39)48-43/h1-29H. The first-order valence-electron chi connectivity index (χ1n) is 16.6. The third-order valence-corrected chi connectivity index (χ3v) is 12.0. The van der Waals surface area contributed by atoms with Gasteiger partial charge in [-0.3, -0.25) is 0 Å². The summed E-state index contributed by atoms with van der Waals surface area (Å²) in [4.78, 5) is 2.47. The van der Waals surface area contributed by atoms with Gasteiger partial charge in [-0.1, -0.05) is 127 Å². The molecule has 0 saturated heterocycles. The van der Waals surface area contributed by atoms with Gasteiger partial charge in [0.05, 0.1) is 10.4 Å². The maximum atomic E-state index is 2.47. The van der Waals surface area contributed by atoms with Crippen molar-refractivity contribution in [1.29, 1.82) is 0 Å². The SMILES string of the molecule is c1ccc(-c2ccc(N(c3ccc(-c4cccc5sc6ccccc6c45)cc3)c3c4ccccc4cc4c3sc3ccccc34)cc2)cc1. The van der Waals surface area contributed by atoms with Crippen LogP contribution in [0.15, 0.2) is 176 Å². The van der Waals surface area contributed by atoms with E-state index in [9.17, 15) is 0 Å². The van der Waals surface area contributed by atoms with Crippen LogP contribution in [-0.2, 0) is 0 Å². The maximum absolute atomic E-state index is 2.47. The summed E-state index contributed by atoms with van der Waals surface area (Å²) in [6, 6.07) is 64.4. The summed E-state index contributed by atoms with van der Waals surface area (Å²) in [5, 5.41) is 7.75. The Morgan fingerprint density at radius 1 is 0.367 bits per heavy atom. The molecule has 0 amide bonds. The number of hydrogen-bond acceptors (Lipinski definition) is 3. The molecule has 0 spiro atoms. The van der Waals surface area contributed by atoms with Crippen molar-refractivity contribution >= 4 is 90.9 Å². The van der Waals surface area contributed by atoms with Crippen molar-refractivity contribution in [3.05, 3.63) is 176 Å². The first kappa shape index (κ1) is 28.3. The zero-order chi connectivity index (χ0) is 32.3. The summed E-state index contributed by atoms with van der Waals surface area (Å²) >= 11 is 3.75. The molecule has 230 valence electrons. The van der Waals surface area contributed by atoms with Gasteiger partial charge in [0.15, 0.2) is 0 Å². The highest BCUT2D eigenvalue weighted by molar-refractivity contribution is 7.26. The Hall–Kier alpha value is -5.74. The molecule has 8 aromatic carbocycles. The Bertz CT molecular complexity index is 2810. The molecule has 0 N–H and O–H groups in total. The van der Waals surface area contributed by atoms with E-state index < -0.39 is 0 Å². The monoisotopic (exact) mass is 659 g/mol. The predicted octanol–water partition coefficient (Wildman–Crippen LogP) is 14.4. The average Bonchev–Trinajstić information content (AvgIpc) is 3.74. The molecule has 2 aromatic heterocycles. The Kier molecular flexibility index (Phi) is 6.61. The van der Waals surface area contributed by atoms with Crippen molar-refractivity contribution in [2.75, 3.05) is 4.90 Å². The lowest BCUT2D eigenvalue weighted by Gasteiger charge is -2.28. The van der Waals surface area contributed by atoms with E-state index in [0.717, 1.165) is 11.4 Å². The smallest absolute Gasteiger partial charge is 0.0718 e. The number of hydrogen-bond donors (Lipinski definition) is 0. The molecule has 0 aliphatic carbocycles. The van der Waals surface area contributed by atoms with E-state index in [4.69, 9.17) is 0 Å². The van der Waals surface area contributed by atoms with Gasteiger partial charge < -0.3 is 4.90 Å². The van der Waals surface area contributed by atoms with E-state index in [0.29, 0.717) is 0 Å². The van der Waals surface area contributed by atoms with Crippen LogP contribution in [0, 0.1) is 0 Å². The summed E-state index contributed by atoms with van der Waals surface area (Å²) in [6.07, 6.45) is 0. The summed E-state index contributed by atoms with van der Waals surface area (Å²) in [5.74, 6) is 0. The van der Waals surface area contributed by atoms with E-state index in [1.165, 1.54) is 79.1 Å². The summed E-state index contributed by atoms with van der Waals surface area (Å²) < 4.78 is 5.26. The van der Waals surface area contributed by atoms with Crippen LogP contribution in [0.4, 0.5) is 17.1 Å². The van der Waals surface area contributed by atoms with Crippen LogP contribution in [0.5, 0.6) is 0 Å². The molecule has 0 unspecified atom stereocenters. The highest BCUT2D eigenvalue weighted by atomic mass is 32.1. The van der Waals surface area contributed by atoms with Crippen LogP contribution in [0.3, 0.4) is 0 Å². The fraction of sp³-hybridized carbons (Fsp3) is 0. The first-order chi connectivity index (χ1) is 24.3. The molecule has 2 heterocycles. The van der Waals surface area contributed by atoms with E-state index in [2.05, 4.69) is 181 Å². The van der Waals surface area contributed by atoms with Crippen LogP contribution in [0.1, 0.15) is 0 Å². The maximum Gasteiger partial charge on any atom is 0.0718 e. The number of nitrogens with zero attached hydrogens (tertiary/aromatic N) is 1. The lowest BCUT2D eigenvalue weighted by atomic mass is 9.98. The van der Waals surface area contributed by atoms with Gasteiger partial charge in [-0.25, -0.2) is 0 Å². The van der Waals surface area contributed by atoms with Crippen molar-refractivity contribution in [1.82, 2.24) is 0 Å². The first-order valence-corrected chi connectivity index (χ1v) is 18.2. The quantitative estimate of drug-likeness (QED) is 0.178. The molecule has 0 aliphatic heterocycles. The normalized spacial score (nSPS) is 11.7. The highest BCUT2D eigenvalue weighted by Crippen LogP contribution is 2.49. The van der Waals surface area contributed by atoms with Gasteiger partial charge in [-0.2, -0.15) is 0 Å². The molecule has 0 saturated carbocycles. The van der Waals surface area contributed by atoms with Crippen LogP contribution < -0.4 is 4.90 Å². The number of anilines is 3. The minimum Gasteiger partial charge on any atom is -0.308 e. The molecule has 1 nitrogen and oxygen atoms in total. The number of benzene rings is 8. The molecule has 0 aliphatic rings. The molecular formula is C46H29NS2. The van der Waals surface area contributed by atoms with Crippen molar-refractivity contribution in [3.8, 4) is 22.3 Å². The lowest BCUT2D eigenvalue weighted by molar-refractivity contribution is 1.31. The van der Waals surface area contributed by atoms with E-state index in [1.807, 2.05) is 22.7 Å². The molecule has 0 bridgehead atoms. The van der Waals surface area contributed by atoms with Gasteiger partial charge >= 0.3 is 0 Å². The topological polar surface area (TPSA) is 3.24 Å². The Labute approximate surface area is 292 Å². The number of rotatable bonds is 5. The second kappa shape index (κ2) is 11.5. The Morgan fingerprint density at radius 2 is 0.939 bits per heavy atom. The number of thiophene rings is 2. The molecule has 0 radical (unpaired) electrons. The zero-order valence-corrected chi connectivity index (χ0v) is 28.1. The number of fused-ring (bicyclic) bond motifs is 7. The lowest BCUT2D eigenvalue weighted by Crippen LogP contribution is -2.10. The fourth-order valence-electron chi connectivity index (χ4n) is 7.37. The van der Waals surface area contributed by atoms with Gasteiger partial charge in [-0.15, -0.1) is 22.7 Å². The van der Waals surface area contributed by atoms with Crippen molar-refractivity contribution in [2.24, 2.45) is 0 Å². The molecule has 10 aromatic rings. The van der Waals surface area contributed by atoms with Crippen molar-refractivity contribution in [3.63, 3.8) is 0 Å². The summed E-state index contributed by atoms with van der Waals surface area (Å²) in [6.45, 7) is 0. The molecule has 3 heteroatoms. The third-order valence-electron chi connectivity index (χ3n) is 9.66. The van der Waals surface area contributed by atoms with Gasteiger partial charge in [-0.05, 0) is 76.2 Å². The Morgan fingerprint density at radius 3 is 1.69 bits per heavy atom. The van der Waals surface area contributed by atoms with Crippen LogP contribution in [0.2, 0.25) is 0 Å². The third kappa shape index (κ3) is 4.66. The summed E-state index contributed by atoms with van der Waals surface area (Å²) in [5.41, 5.74) is 8.42. The van der Waals surface area contributed by atoms with E-state index in [1.54, 1.807) is 0 Å². The largest absolute Gasteiger partial charge is 0.308 e. The second-order valence-corrected chi connectivity index (χ2v) is 14.6. The predicted molar refractivity (Wildman–Crippen MR) is 215 cm³/mol. The summed E-state index contributed by atoms with van der Waals surface area (Å²) in [7, 11) is 0. The van der Waals surface area contributed by atoms with E-state index in [-0.39, 0.29) is 0 Å². The van der Waals surface area contributed by atoms with Crippen LogP contribution in [-0.4, -0.2) is 0 Å². The molecule has 0 fully saturated rings. The molecule has 49 heavy (non-hydrogen) atoms. The zero-order valence-electron chi connectivity index (χ0n) is 26.5. The van der Waals surface area contributed by atoms with Crippen molar-refractivity contribution < 1.29 is 0 Å². The van der Waals surface area contributed by atoms with Gasteiger partial charge in [0.25, 0.3) is 0 Å². The van der Waals surface area contributed by atoms with Gasteiger partial charge in [0, 0.05) is 52.4 Å². The van der Waals surface area contributed by atoms with Crippen LogP contribution in [0.25, 0.3) is 73.4 Å². The highest BCUT2D eigenvalue weighted by Gasteiger charge is 2.22. The van der Waals surface area contributed by atoms with E-state index >= 15 is 0 Å². The van der Waals surface area contributed by atoms with Gasteiger partial charge in [0.1, 0.15) is 0 Å². The van der Waals surface area contributed by atoms with Crippen molar-refractivity contribution in [2.45, 2.75) is 0 Å². The Balaban J connectivity index is 1.20. The molecular weight excluding hydrogens is 631 g/mol. The average molecular weight is 660 g/mol. The minimum atomic E-state index is 1.13. The molecule has 10 rings (SSSR count). The fourth-order valence-corrected chi connectivity index (χ4v) is 9.73. The van der Waals surface area contributed by atoms with Gasteiger partial charge in [0.2, 0.25) is 0 Å².